The average molecular weight is 277 g/mol. The molecule has 0 spiro atoms. The lowest BCUT2D eigenvalue weighted by Gasteiger charge is -2.07. The Hall–Kier alpha value is -1.61. The summed E-state index contributed by atoms with van der Waals surface area (Å²) in [5.41, 5.74) is 3.29. The number of carbonyl (C=O) groups excluding carboxylic acids is 1. The Bertz CT molecular complexity index is 596. The summed E-state index contributed by atoms with van der Waals surface area (Å²) in [6, 6.07) is 5.81. The van der Waals surface area contributed by atoms with Crippen molar-refractivity contribution in [1.82, 2.24) is 9.78 Å². The van der Waals surface area contributed by atoms with Crippen molar-refractivity contribution in [2.45, 2.75) is 33.7 Å². The quantitative estimate of drug-likeness (QED) is 0.796. The van der Waals surface area contributed by atoms with Crippen LogP contribution in [0.5, 0.6) is 0 Å². The van der Waals surface area contributed by atoms with E-state index in [0.29, 0.717) is 22.8 Å². The van der Waals surface area contributed by atoms with Crippen molar-refractivity contribution in [3.05, 3.63) is 51.8 Å². The summed E-state index contributed by atoms with van der Waals surface area (Å²) in [6.45, 7) is 6.70. The van der Waals surface area contributed by atoms with Crippen LogP contribution < -0.4 is 0 Å². The molecule has 1 aromatic carbocycles. The second-order valence-electron chi connectivity index (χ2n) is 4.77. The van der Waals surface area contributed by atoms with Gasteiger partial charge in [0.25, 0.3) is 0 Å². The lowest BCUT2D eigenvalue weighted by Crippen LogP contribution is -2.12. The largest absolute Gasteiger partial charge is 0.287 e. The lowest BCUT2D eigenvalue weighted by atomic mass is 10.0. The van der Waals surface area contributed by atoms with Gasteiger partial charge in [-0.15, -0.1) is 0 Å². The Kier molecular flexibility index (Phi) is 4.05. The van der Waals surface area contributed by atoms with Gasteiger partial charge in [-0.05, 0) is 32.4 Å². The summed E-state index contributed by atoms with van der Waals surface area (Å²) in [4.78, 5) is 12.6. The van der Waals surface area contributed by atoms with Crippen LogP contribution in [0, 0.1) is 13.8 Å². The molecular formula is C15H17ClN2O. The molecule has 0 saturated heterocycles. The van der Waals surface area contributed by atoms with Gasteiger partial charge in [-0.2, -0.15) is 5.10 Å². The molecule has 1 heterocycles. The Morgan fingerprint density at radius 2 is 1.89 bits per heavy atom. The second kappa shape index (κ2) is 5.57. The summed E-state index contributed by atoms with van der Waals surface area (Å²) in [5, 5.41) is 4.58. The van der Waals surface area contributed by atoms with Crippen molar-refractivity contribution < 1.29 is 4.79 Å². The molecule has 100 valence electrons. The molecule has 0 aliphatic rings. The molecule has 0 aliphatic carbocycles. The minimum Gasteiger partial charge on any atom is -0.287 e. The van der Waals surface area contributed by atoms with Crippen LogP contribution in [0.1, 0.15) is 40.5 Å². The molecule has 1 aromatic heterocycles. The maximum Gasteiger partial charge on any atom is 0.212 e. The normalized spacial score (nSPS) is 10.7. The zero-order valence-corrected chi connectivity index (χ0v) is 12.2. The van der Waals surface area contributed by atoms with Crippen LogP contribution >= 0.6 is 11.6 Å². The standard InChI is InChI=1S/C15H17ClN2O/c1-4-5-18-14(13(16)9-17-18)15(19)12-7-10(2)6-11(3)8-12/h6-9H,4-5H2,1-3H3. The fourth-order valence-corrected chi connectivity index (χ4v) is 2.44. The number of rotatable bonds is 4. The summed E-state index contributed by atoms with van der Waals surface area (Å²) in [7, 11) is 0. The Morgan fingerprint density at radius 3 is 2.47 bits per heavy atom. The molecule has 0 bridgehead atoms. The number of carbonyl (C=O) groups is 1. The monoisotopic (exact) mass is 276 g/mol. The molecular weight excluding hydrogens is 260 g/mol. The van der Waals surface area contributed by atoms with E-state index in [-0.39, 0.29) is 5.78 Å². The first kappa shape index (κ1) is 13.8. The second-order valence-corrected chi connectivity index (χ2v) is 5.18. The van der Waals surface area contributed by atoms with Gasteiger partial charge < -0.3 is 0 Å². The maximum absolute atomic E-state index is 12.6. The van der Waals surface area contributed by atoms with Crippen molar-refractivity contribution in [3.63, 3.8) is 0 Å². The smallest absolute Gasteiger partial charge is 0.212 e. The van der Waals surface area contributed by atoms with Gasteiger partial charge in [0.15, 0.2) is 0 Å². The third-order valence-electron chi connectivity index (χ3n) is 2.93. The highest BCUT2D eigenvalue weighted by Crippen LogP contribution is 2.21. The molecule has 2 aromatic rings. The van der Waals surface area contributed by atoms with E-state index in [1.165, 1.54) is 6.20 Å². The van der Waals surface area contributed by atoms with Crippen LogP contribution in [0.15, 0.2) is 24.4 Å². The van der Waals surface area contributed by atoms with E-state index in [1.54, 1.807) is 4.68 Å². The fourth-order valence-electron chi connectivity index (χ4n) is 2.21. The van der Waals surface area contributed by atoms with Crippen molar-refractivity contribution in [3.8, 4) is 0 Å². The van der Waals surface area contributed by atoms with Gasteiger partial charge in [0.05, 0.1) is 11.2 Å². The van der Waals surface area contributed by atoms with E-state index in [2.05, 4.69) is 5.10 Å². The molecule has 2 rings (SSSR count). The molecule has 0 fully saturated rings. The first-order chi connectivity index (χ1) is 9.02. The highest BCUT2D eigenvalue weighted by molar-refractivity contribution is 6.34. The number of aryl methyl sites for hydroxylation is 3. The van der Waals surface area contributed by atoms with Crippen LogP contribution in [-0.2, 0) is 6.54 Å². The average Bonchev–Trinajstić information content (AvgIpc) is 2.69. The Morgan fingerprint density at radius 1 is 1.26 bits per heavy atom. The highest BCUT2D eigenvalue weighted by atomic mass is 35.5. The Labute approximate surface area is 118 Å². The van der Waals surface area contributed by atoms with Crippen molar-refractivity contribution in [2.75, 3.05) is 0 Å². The van der Waals surface area contributed by atoms with Crippen LogP contribution in [0.4, 0.5) is 0 Å². The number of hydrogen-bond donors (Lipinski definition) is 0. The number of halogens is 1. The summed E-state index contributed by atoms with van der Waals surface area (Å²) >= 11 is 6.10. The first-order valence-corrected chi connectivity index (χ1v) is 6.75. The predicted octanol–water partition coefficient (Wildman–Crippen LogP) is 3.79. The van der Waals surface area contributed by atoms with E-state index in [1.807, 2.05) is 39.0 Å². The topological polar surface area (TPSA) is 34.9 Å². The fraction of sp³-hybridized carbons (Fsp3) is 0.333. The van der Waals surface area contributed by atoms with Gasteiger partial charge in [-0.3, -0.25) is 9.48 Å². The number of benzene rings is 1. The molecule has 0 amide bonds. The molecule has 4 heteroatoms. The number of aromatic nitrogens is 2. The number of nitrogens with zero attached hydrogens (tertiary/aromatic N) is 2. The molecule has 3 nitrogen and oxygen atoms in total. The first-order valence-electron chi connectivity index (χ1n) is 6.37. The molecule has 0 radical (unpaired) electrons. The van der Waals surface area contributed by atoms with Gasteiger partial charge in [0.2, 0.25) is 5.78 Å². The van der Waals surface area contributed by atoms with E-state index >= 15 is 0 Å². The van der Waals surface area contributed by atoms with Gasteiger partial charge in [0.1, 0.15) is 5.69 Å². The third kappa shape index (κ3) is 2.87. The third-order valence-corrected chi connectivity index (χ3v) is 3.21. The minimum atomic E-state index is -0.0669. The molecule has 0 saturated carbocycles. The molecule has 0 N–H and O–H groups in total. The van der Waals surface area contributed by atoms with Crippen LogP contribution in [0.2, 0.25) is 5.02 Å². The molecule has 0 unspecified atom stereocenters. The summed E-state index contributed by atoms with van der Waals surface area (Å²) < 4.78 is 1.68. The number of ketones is 1. The zero-order valence-electron chi connectivity index (χ0n) is 11.4. The minimum absolute atomic E-state index is 0.0669. The van der Waals surface area contributed by atoms with Gasteiger partial charge in [-0.25, -0.2) is 0 Å². The Balaban J connectivity index is 2.46. The molecule has 0 aliphatic heterocycles. The molecule has 0 atom stereocenters. The van der Waals surface area contributed by atoms with Crippen molar-refractivity contribution in [1.29, 1.82) is 0 Å². The van der Waals surface area contributed by atoms with E-state index in [9.17, 15) is 4.79 Å². The van der Waals surface area contributed by atoms with Crippen molar-refractivity contribution in [2.24, 2.45) is 0 Å². The zero-order chi connectivity index (χ0) is 14.0. The van der Waals surface area contributed by atoms with Gasteiger partial charge in [0, 0.05) is 12.1 Å². The molecule has 19 heavy (non-hydrogen) atoms. The maximum atomic E-state index is 12.6. The van der Waals surface area contributed by atoms with Gasteiger partial charge in [-0.1, -0.05) is 35.7 Å². The van der Waals surface area contributed by atoms with E-state index in [0.717, 1.165) is 17.5 Å². The predicted molar refractivity (Wildman–Crippen MR) is 76.9 cm³/mol. The lowest BCUT2D eigenvalue weighted by molar-refractivity contribution is 0.102. The highest BCUT2D eigenvalue weighted by Gasteiger charge is 2.19. The van der Waals surface area contributed by atoms with Crippen LogP contribution in [-0.4, -0.2) is 15.6 Å². The van der Waals surface area contributed by atoms with Gasteiger partial charge >= 0.3 is 0 Å². The van der Waals surface area contributed by atoms with Crippen LogP contribution in [0.3, 0.4) is 0 Å². The van der Waals surface area contributed by atoms with Crippen molar-refractivity contribution >= 4 is 17.4 Å². The van der Waals surface area contributed by atoms with Crippen LogP contribution in [0.25, 0.3) is 0 Å². The number of hydrogen-bond acceptors (Lipinski definition) is 2. The SMILES string of the molecule is CCCn1ncc(Cl)c1C(=O)c1cc(C)cc(C)c1. The van der Waals surface area contributed by atoms with E-state index in [4.69, 9.17) is 11.6 Å². The van der Waals surface area contributed by atoms with E-state index < -0.39 is 0 Å². The summed E-state index contributed by atoms with van der Waals surface area (Å²) in [5.74, 6) is -0.0669. The summed E-state index contributed by atoms with van der Waals surface area (Å²) in [6.07, 6.45) is 2.44.